The lowest BCUT2D eigenvalue weighted by Crippen LogP contribution is -2.59. The molecule has 0 aliphatic carbocycles. The van der Waals surface area contributed by atoms with Crippen LogP contribution in [0.2, 0.25) is 0 Å². The molecule has 2 amide bonds. The first-order valence-electron chi connectivity index (χ1n) is 16.7. The number of para-hydroxylation sites is 3. The maximum atomic E-state index is 14.0. The fourth-order valence-electron chi connectivity index (χ4n) is 7.40. The summed E-state index contributed by atoms with van der Waals surface area (Å²) < 4.78 is 5.56. The van der Waals surface area contributed by atoms with Crippen LogP contribution in [0.4, 0.5) is 17.2 Å². The zero-order valence-electron chi connectivity index (χ0n) is 26.8. The third kappa shape index (κ3) is 5.37. The van der Waals surface area contributed by atoms with Crippen molar-refractivity contribution in [3.63, 3.8) is 0 Å². The van der Waals surface area contributed by atoms with Crippen molar-refractivity contribution >= 4 is 51.4 Å². The summed E-state index contributed by atoms with van der Waals surface area (Å²) in [5.74, 6) is 1.28. The van der Waals surface area contributed by atoms with Gasteiger partial charge in [0.05, 0.1) is 27.2 Å². The van der Waals surface area contributed by atoms with Crippen molar-refractivity contribution in [3.8, 4) is 21.1 Å². The smallest absolute Gasteiger partial charge is 0.259 e. The molecule has 9 nitrogen and oxygen atoms in total. The molecule has 6 aromatic rings. The van der Waals surface area contributed by atoms with Crippen LogP contribution in [0.5, 0.6) is 0 Å². The largest absolute Gasteiger partial charge is 0.381 e. The van der Waals surface area contributed by atoms with Crippen LogP contribution in [-0.2, 0) is 11.2 Å². The minimum absolute atomic E-state index is 0.0765. The summed E-state index contributed by atoms with van der Waals surface area (Å²) in [6.45, 7) is 3.92. The van der Waals surface area contributed by atoms with Gasteiger partial charge in [-0.1, -0.05) is 30.3 Å². The van der Waals surface area contributed by atoms with E-state index in [2.05, 4.69) is 32.3 Å². The summed E-state index contributed by atoms with van der Waals surface area (Å²) in [5, 5.41) is 3.02. The molecule has 49 heavy (non-hydrogen) atoms. The van der Waals surface area contributed by atoms with Crippen LogP contribution in [-0.4, -0.2) is 59.6 Å². The quantitative estimate of drug-likeness (QED) is 0.199. The van der Waals surface area contributed by atoms with E-state index in [0.717, 1.165) is 83.4 Å². The molecule has 0 atom stereocenters. The van der Waals surface area contributed by atoms with Gasteiger partial charge >= 0.3 is 0 Å². The normalized spacial score (nSPS) is 16.5. The Morgan fingerprint density at radius 1 is 0.918 bits per heavy atom. The molecule has 0 bridgehead atoms. The van der Waals surface area contributed by atoms with E-state index in [4.69, 9.17) is 9.72 Å². The molecule has 0 radical (unpaired) electrons. The molecule has 2 N–H and O–H groups in total. The Morgan fingerprint density at radius 2 is 1.71 bits per heavy atom. The Balaban J connectivity index is 0.920. The number of imidazole rings is 1. The molecule has 9 rings (SSSR count). The molecule has 1 spiro atoms. The molecule has 0 saturated carbocycles. The zero-order valence-corrected chi connectivity index (χ0v) is 27.6. The summed E-state index contributed by atoms with van der Waals surface area (Å²) in [5.41, 5.74) is 7.09. The number of benzene rings is 3. The minimum atomic E-state index is -0.218. The number of pyridine rings is 1. The Hall–Kier alpha value is -5.32. The van der Waals surface area contributed by atoms with Gasteiger partial charge in [0.1, 0.15) is 11.6 Å². The first-order chi connectivity index (χ1) is 24.0. The van der Waals surface area contributed by atoms with Crippen molar-refractivity contribution in [3.05, 3.63) is 114 Å². The van der Waals surface area contributed by atoms with Gasteiger partial charge in [0, 0.05) is 66.2 Å². The topological polar surface area (TPSA) is 103 Å². The first-order valence-corrected chi connectivity index (χ1v) is 17.5. The number of H-pyrrole nitrogens is 1. The molecule has 244 valence electrons. The number of hydrogen-bond donors (Lipinski definition) is 2. The van der Waals surface area contributed by atoms with E-state index in [0.29, 0.717) is 29.2 Å². The van der Waals surface area contributed by atoms with Crippen LogP contribution in [0, 0.1) is 5.41 Å². The van der Waals surface area contributed by atoms with Crippen LogP contribution in [0.25, 0.3) is 32.2 Å². The first kappa shape index (κ1) is 29.8. The number of aromatic amines is 1. The van der Waals surface area contributed by atoms with Crippen molar-refractivity contribution in [2.24, 2.45) is 5.41 Å². The Kier molecular flexibility index (Phi) is 7.28. The highest BCUT2D eigenvalue weighted by Crippen LogP contribution is 2.45. The van der Waals surface area contributed by atoms with Crippen LogP contribution in [0.3, 0.4) is 0 Å². The van der Waals surface area contributed by atoms with E-state index in [9.17, 15) is 9.59 Å². The fraction of sp³-hybridized carbons (Fsp3) is 0.231. The standard InChI is InChI=1S/C39H34N6O3S/c46-37(29-7-5-18-40-36(29)44-23-39(24-44)16-20-48-21-17-39)41-27-13-11-25(12-14-27)38(47)45-19-15-26-22-33(35-42-30-8-2-3-9-31(30)43-35)49-34(26)28-6-1-4-10-32(28)45/h1-14,18,22H,15-17,19-21,23-24H2,(H,41,46)(H,42,43). The summed E-state index contributed by atoms with van der Waals surface area (Å²) in [6.07, 6.45) is 4.55. The second-order valence-electron chi connectivity index (χ2n) is 13.2. The molecule has 3 aromatic heterocycles. The molecular formula is C39H34N6O3S. The maximum absolute atomic E-state index is 14.0. The van der Waals surface area contributed by atoms with Gasteiger partial charge in [0.25, 0.3) is 11.8 Å². The van der Waals surface area contributed by atoms with Crippen LogP contribution in [0.15, 0.2) is 97.2 Å². The molecule has 2 saturated heterocycles. The number of amides is 2. The van der Waals surface area contributed by atoms with Gasteiger partial charge in [-0.05, 0) is 85.5 Å². The van der Waals surface area contributed by atoms with E-state index in [1.165, 1.54) is 5.56 Å². The molecule has 3 aliphatic heterocycles. The molecule has 2 fully saturated rings. The van der Waals surface area contributed by atoms with Crippen molar-refractivity contribution < 1.29 is 14.3 Å². The highest BCUT2D eigenvalue weighted by atomic mass is 32.1. The number of carbonyl (C=O) groups excluding carboxylic acids is 2. The number of thiophene rings is 1. The lowest BCUT2D eigenvalue weighted by Gasteiger charge is -2.53. The third-order valence-corrected chi connectivity index (χ3v) is 11.3. The SMILES string of the molecule is O=C(Nc1ccc(C(=O)N2CCc3cc(-c4nc5ccccc5[nH]4)sc3-c3ccccc32)cc1)c1cccnc1N1CC2(CCOCC2)C1. The Morgan fingerprint density at radius 3 is 2.55 bits per heavy atom. The molecular weight excluding hydrogens is 633 g/mol. The number of ether oxygens (including phenoxy) is 1. The predicted octanol–water partition coefficient (Wildman–Crippen LogP) is 7.43. The maximum Gasteiger partial charge on any atom is 0.259 e. The highest BCUT2D eigenvalue weighted by molar-refractivity contribution is 7.19. The second kappa shape index (κ2) is 12.0. The monoisotopic (exact) mass is 666 g/mol. The van der Waals surface area contributed by atoms with E-state index >= 15 is 0 Å². The number of anilines is 3. The lowest BCUT2D eigenvalue weighted by molar-refractivity contribution is -0.000509. The van der Waals surface area contributed by atoms with E-state index < -0.39 is 0 Å². The average molecular weight is 667 g/mol. The Labute approximate surface area is 287 Å². The van der Waals surface area contributed by atoms with Crippen molar-refractivity contribution in [2.45, 2.75) is 19.3 Å². The van der Waals surface area contributed by atoms with Gasteiger partial charge in [-0.15, -0.1) is 11.3 Å². The predicted molar refractivity (Wildman–Crippen MR) is 194 cm³/mol. The fourth-order valence-corrected chi connectivity index (χ4v) is 8.59. The van der Waals surface area contributed by atoms with Gasteiger partial charge < -0.3 is 24.8 Å². The van der Waals surface area contributed by atoms with Gasteiger partial charge in [-0.3, -0.25) is 9.59 Å². The zero-order chi connectivity index (χ0) is 33.0. The van der Waals surface area contributed by atoms with Gasteiger partial charge in [0.15, 0.2) is 0 Å². The van der Waals surface area contributed by atoms with Crippen LogP contribution in [0.1, 0.15) is 39.1 Å². The highest BCUT2D eigenvalue weighted by Gasteiger charge is 2.45. The number of fused-ring (bicyclic) bond motifs is 4. The van der Waals surface area contributed by atoms with Gasteiger partial charge in [-0.25, -0.2) is 9.97 Å². The van der Waals surface area contributed by atoms with Crippen molar-refractivity contribution in [1.29, 1.82) is 0 Å². The summed E-state index contributed by atoms with van der Waals surface area (Å²) in [7, 11) is 0. The van der Waals surface area contributed by atoms with E-state index in [-0.39, 0.29) is 17.2 Å². The second-order valence-corrected chi connectivity index (χ2v) is 14.2. The summed E-state index contributed by atoms with van der Waals surface area (Å²) >= 11 is 1.70. The molecule has 6 heterocycles. The average Bonchev–Trinajstić information content (AvgIpc) is 3.73. The molecule has 10 heteroatoms. The number of aromatic nitrogens is 3. The summed E-state index contributed by atoms with van der Waals surface area (Å²) in [6, 6.07) is 29.1. The summed E-state index contributed by atoms with van der Waals surface area (Å²) in [4.78, 5) is 46.6. The van der Waals surface area contributed by atoms with Crippen LogP contribution < -0.4 is 15.1 Å². The van der Waals surface area contributed by atoms with Crippen molar-refractivity contribution in [1.82, 2.24) is 15.0 Å². The van der Waals surface area contributed by atoms with Crippen molar-refractivity contribution in [2.75, 3.05) is 48.0 Å². The lowest BCUT2D eigenvalue weighted by atomic mass is 9.73. The van der Waals surface area contributed by atoms with E-state index in [1.54, 1.807) is 47.9 Å². The molecule has 3 aromatic carbocycles. The number of nitrogens with one attached hydrogen (secondary N) is 2. The Bertz CT molecular complexity index is 2180. The van der Waals surface area contributed by atoms with Gasteiger partial charge in [-0.2, -0.15) is 0 Å². The molecule has 3 aliphatic rings. The number of hydrogen-bond acceptors (Lipinski definition) is 7. The minimum Gasteiger partial charge on any atom is -0.381 e. The number of carbonyl (C=O) groups is 2. The van der Waals surface area contributed by atoms with Crippen LogP contribution >= 0.6 is 11.3 Å². The number of rotatable bonds is 5. The molecule has 0 unspecified atom stereocenters. The number of nitrogens with zero attached hydrogens (tertiary/aromatic N) is 4. The van der Waals surface area contributed by atoms with E-state index in [1.807, 2.05) is 53.4 Å². The third-order valence-electron chi connectivity index (χ3n) is 10.0. The van der Waals surface area contributed by atoms with Gasteiger partial charge in [0.2, 0.25) is 0 Å².